The molecule has 154 valence electrons. The third-order valence-electron chi connectivity index (χ3n) is 7.66. The summed E-state index contributed by atoms with van der Waals surface area (Å²) < 4.78 is 0. The minimum Gasteiger partial charge on any atom is -0.313 e. The Kier molecular flexibility index (Phi) is 5.64. The number of likely N-dealkylation sites (tertiary alicyclic amines) is 1. The van der Waals surface area contributed by atoms with Crippen LogP contribution in [0.15, 0.2) is 48.5 Å². The normalized spacial score (nSPS) is 32.8. The summed E-state index contributed by atoms with van der Waals surface area (Å²) in [6, 6.07) is 17.7. The fraction of sp³-hybridized carbons (Fsp3) is 0.520. The predicted octanol–water partition coefficient (Wildman–Crippen LogP) is 6.24. The third kappa shape index (κ3) is 3.85. The van der Waals surface area contributed by atoms with E-state index < -0.39 is 0 Å². The Bertz CT molecular complexity index is 771. The fourth-order valence-corrected chi connectivity index (χ4v) is 6.50. The van der Waals surface area contributed by atoms with Gasteiger partial charge in [0.15, 0.2) is 0 Å². The van der Waals surface area contributed by atoms with E-state index in [4.69, 9.17) is 23.2 Å². The number of piperidine rings is 1. The van der Waals surface area contributed by atoms with Gasteiger partial charge >= 0.3 is 0 Å². The fourth-order valence-electron chi connectivity index (χ4n) is 6.25. The summed E-state index contributed by atoms with van der Waals surface area (Å²) in [6.07, 6.45) is 7.81. The van der Waals surface area contributed by atoms with E-state index in [1.807, 2.05) is 0 Å². The predicted molar refractivity (Wildman–Crippen MR) is 122 cm³/mol. The zero-order valence-electron chi connectivity index (χ0n) is 16.9. The van der Waals surface area contributed by atoms with Crippen molar-refractivity contribution in [3.8, 4) is 0 Å². The highest BCUT2D eigenvalue weighted by Gasteiger charge is 2.51. The molecule has 3 aliphatic heterocycles. The first kappa shape index (κ1) is 19.9. The summed E-state index contributed by atoms with van der Waals surface area (Å²) in [4.78, 5) is 2.85. The van der Waals surface area contributed by atoms with Crippen LogP contribution in [-0.4, -0.2) is 36.1 Å². The van der Waals surface area contributed by atoms with Crippen LogP contribution >= 0.6 is 23.2 Å². The molecule has 2 aromatic carbocycles. The second-order valence-electron chi connectivity index (χ2n) is 9.23. The molecule has 0 spiro atoms. The topological polar surface area (TPSA) is 15.3 Å². The molecule has 2 aromatic rings. The van der Waals surface area contributed by atoms with Crippen LogP contribution in [0, 0.1) is 0 Å². The van der Waals surface area contributed by atoms with Crippen LogP contribution in [0.25, 0.3) is 0 Å². The van der Waals surface area contributed by atoms with Gasteiger partial charge in [0.05, 0.1) is 0 Å². The standard InChI is InChI=1S/C25H30Cl2N2/c26-20-8-4-18(5-9-20)22-16-25(29-14-2-1-3-15-29)12-13-28-24(22)23(17-25)19-6-10-21(27)11-7-19/h4-11,22-24,28H,1-3,12-17H2/t22-,23+,24?,25?. The minimum atomic E-state index is 0.287. The lowest BCUT2D eigenvalue weighted by Gasteiger charge is -2.53. The van der Waals surface area contributed by atoms with Crippen molar-refractivity contribution in [2.45, 2.75) is 61.9 Å². The van der Waals surface area contributed by atoms with Gasteiger partial charge in [-0.05, 0) is 87.1 Å². The van der Waals surface area contributed by atoms with E-state index in [9.17, 15) is 0 Å². The molecule has 1 N–H and O–H groups in total. The molecule has 3 saturated heterocycles. The van der Waals surface area contributed by atoms with Crippen LogP contribution in [0.1, 0.15) is 61.5 Å². The molecule has 4 fully saturated rings. The van der Waals surface area contributed by atoms with Crippen molar-refractivity contribution in [2.24, 2.45) is 0 Å². The number of halogens is 2. The molecule has 0 aromatic heterocycles. The summed E-state index contributed by atoms with van der Waals surface area (Å²) in [5.74, 6) is 1.01. The Hall–Kier alpha value is -1.06. The van der Waals surface area contributed by atoms with Gasteiger partial charge in [-0.1, -0.05) is 53.9 Å². The molecular formula is C25H30Cl2N2. The van der Waals surface area contributed by atoms with Gasteiger partial charge in [0.25, 0.3) is 0 Å². The monoisotopic (exact) mass is 428 g/mol. The number of rotatable bonds is 3. The lowest BCUT2D eigenvalue weighted by molar-refractivity contribution is 0.0205. The molecule has 29 heavy (non-hydrogen) atoms. The van der Waals surface area contributed by atoms with Crippen molar-refractivity contribution in [1.29, 1.82) is 0 Å². The van der Waals surface area contributed by atoms with Crippen LogP contribution < -0.4 is 5.32 Å². The molecule has 6 rings (SSSR count). The quantitative estimate of drug-likeness (QED) is 0.621. The number of nitrogens with zero attached hydrogens (tertiary/aromatic N) is 1. The average Bonchev–Trinajstić information content (AvgIpc) is 3.07. The lowest BCUT2D eigenvalue weighted by Crippen LogP contribution is -2.56. The van der Waals surface area contributed by atoms with Gasteiger partial charge < -0.3 is 5.32 Å². The maximum Gasteiger partial charge on any atom is 0.0406 e. The minimum absolute atomic E-state index is 0.287. The maximum absolute atomic E-state index is 6.21. The van der Waals surface area contributed by atoms with Gasteiger partial charge in [-0.3, -0.25) is 4.90 Å². The number of hydrogen-bond acceptors (Lipinski definition) is 2. The second-order valence-corrected chi connectivity index (χ2v) is 10.1. The molecule has 2 nitrogen and oxygen atoms in total. The van der Waals surface area contributed by atoms with Crippen molar-refractivity contribution in [3.63, 3.8) is 0 Å². The zero-order chi connectivity index (χ0) is 19.8. The number of fused-ring (bicyclic) bond motifs is 4. The average molecular weight is 429 g/mol. The zero-order valence-corrected chi connectivity index (χ0v) is 18.4. The van der Waals surface area contributed by atoms with Gasteiger partial charge in [0.2, 0.25) is 0 Å². The van der Waals surface area contributed by atoms with E-state index in [0.29, 0.717) is 17.9 Å². The van der Waals surface area contributed by atoms with Gasteiger partial charge in [0.1, 0.15) is 0 Å². The van der Waals surface area contributed by atoms with Crippen molar-refractivity contribution in [3.05, 3.63) is 69.7 Å². The third-order valence-corrected chi connectivity index (χ3v) is 8.16. The first-order valence-electron chi connectivity index (χ1n) is 11.1. The Morgan fingerprint density at radius 3 is 1.79 bits per heavy atom. The van der Waals surface area contributed by atoms with Crippen molar-refractivity contribution in [1.82, 2.24) is 10.2 Å². The van der Waals surface area contributed by atoms with E-state index in [1.165, 1.54) is 62.7 Å². The van der Waals surface area contributed by atoms with Crippen LogP contribution in [-0.2, 0) is 0 Å². The lowest BCUT2D eigenvalue weighted by atomic mass is 9.63. The van der Waals surface area contributed by atoms with Gasteiger partial charge in [-0.2, -0.15) is 0 Å². The van der Waals surface area contributed by atoms with E-state index >= 15 is 0 Å². The van der Waals surface area contributed by atoms with Crippen molar-refractivity contribution < 1.29 is 0 Å². The molecule has 4 atom stereocenters. The SMILES string of the molecule is Clc1ccc([C@H]2CC3(N4CCCCC4)CCNC2[C@H](c2ccc(Cl)cc2)C3)cc1. The number of hydrogen-bond donors (Lipinski definition) is 1. The maximum atomic E-state index is 6.21. The Morgan fingerprint density at radius 2 is 1.28 bits per heavy atom. The van der Waals surface area contributed by atoms with Gasteiger partial charge in [-0.15, -0.1) is 0 Å². The molecule has 1 aliphatic carbocycles. The van der Waals surface area contributed by atoms with Gasteiger partial charge in [-0.25, -0.2) is 0 Å². The van der Waals surface area contributed by atoms with Crippen molar-refractivity contribution >= 4 is 23.2 Å². The molecule has 0 amide bonds. The highest BCUT2D eigenvalue weighted by molar-refractivity contribution is 6.30. The largest absolute Gasteiger partial charge is 0.313 e. The van der Waals surface area contributed by atoms with E-state index in [0.717, 1.165) is 16.6 Å². The van der Waals surface area contributed by atoms with Crippen LogP contribution in [0.2, 0.25) is 10.0 Å². The second kappa shape index (κ2) is 8.23. The van der Waals surface area contributed by atoms with Crippen LogP contribution in [0.4, 0.5) is 0 Å². The number of benzene rings is 2. The summed E-state index contributed by atoms with van der Waals surface area (Å²) in [6.45, 7) is 3.62. The van der Waals surface area contributed by atoms with E-state index in [2.05, 4.69) is 58.7 Å². The molecule has 0 radical (unpaired) electrons. The van der Waals surface area contributed by atoms with E-state index in [-0.39, 0.29) is 5.54 Å². The first-order valence-corrected chi connectivity index (χ1v) is 11.9. The Balaban J connectivity index is 1.56. The molecule has 3 heterocycles. The van der Waals surface area contributed by atoms with Crippen molar-refractivity contribution in [2.75, 3.05) is 19.6 Å². The first-order chi connectivity index (χ1) is 14.1. The molecule has 2 unspecified atom stereocenters. The summed E-state index contributed by atoms with van der Waals surface area (Å²) in [5.41, 5.74) is 3.14. The summed E-state index contributed by atoms with van der Waals surface area (Å²) in [5, 5.41) is 5.61. The summed E-state index contributed by atoms with van der Waals surface area (Å²) in [7, 11) is 0. The molecule has 2 bridgehead atoms. The molecule has 1 saturated carbocycles. The van der Waals surface area contributed by atoms with Gasteiger partial charge in [0, 0.05) is 33.5 Å². The molecule has 4 heteroatoms. The van der Waals surface area contributed by atoms with Crippen LogP contribution in [0.5, 0.6) is 0 Å². The highest BCUT2D eigenvalue weighted by Crippen LogP contribution is 2.52. The van der Waals surface area contributed by atoms with Crippen LogP contribution in [0.3, 0.4) is 0 Å². The highest BCUT2D eigenvalue weighted by atomic mass is 35.5. The van der Waals surface area contributed by atoms with E-state index in [1.54, 1.807) is 0 Å². The smallest absolute Gasteiger partial charge is 0.0406 e. The Labute approximate surface area is 184 Å². The Morgan fingerprint density at radius 1 is 0.759 bits per heavy atom. The molecule has 4 aliphatic rings. The summed E-state index contributed by atoms with van der Waals surface area (Å²) >= 11 is 12.4. The number of nitrogens with one attached hydrogen (secondary N) is 1. The molecular weight excluding hydrogens is 399 g/mol.